The summed E-state index contributed by atoms with van der Waals surface area (Å²) in [5.41, 5.74) is 1.07. The Morgan fingerprint density at radius 2 is 1.81 bits per heavy atom. The maximum Gasteiger partial charge on any atom is 0.225 e. The van der Waals surface area contributed by atoms with Crippen LogP contribution >= 0.6 is 0 Å². The average Bonchev–Trinajstić information content (AvgIpc) is 3.36. The maximum absolute atomic E-state index is 12.6. The maximum atomic E-state index is 12.6. The molecule has 0 bridgehead atoms. The second kappa shape index (κ2) is 7.48. The van der Waals surface area contributed by atoms with Gasteiger partial charge in [0, 0.05) is 62.8 Å². The number of pyridine rings is 1. The van der Waals surface area contributed by atoms with Crippen LogP contribution in [0.15, 0.2) is 30.7 Å². The molecule has 0 aliphatic carbocycles. The van der Waals surface area contributed by atoms with E-state index in [2.05, 4.69) is 15.6 Å². The third-order valence-electron chi connectivity index (χ3n) is 5.76. The smallest absolute Gasteiger partial charge is 0.225 e. The lowest BCUT2D eigenvalue weighted by Crippen LogP contribution is -2.43. The number of piperidine rings is 1. The van der Waals surface area contributed by atoms with Crippen molar-refractivity contribution in [3.05, 3.63) is 30.7 Å². The molecule has 2 amide bonds. The van der Waals surface area contributed by atoms with E-state index in [0.717, 1.165) is 49.7 Å². The summed E-state index contributed by atoms with van der Waals surface area (Å²) in [7, 11) is 0. The average molecular weight is 354 g/mol. The van der Waals surface area contributed by atoms with Crippen molar-refractivity contribution in [3.63, 3.8) is 0 Å². The fourth-order valence-corrected chi connectivity index (χ4v) is 4.17. The van der Waals surface area contributed by atoms with Gasteiger partial charge < -0.3 is 14.4 Å². The Balaban J connectivity index is 1.27. The standard InChI is InChI=1S/C20H26N4O2/c25-19(7-14-22-11-4-16-3-8-21-15-18(16)22)23-12-5-17(6-13-23)20(26)24-9-1-2-10-24/h3-4,8,11,15,17H,1-2,5-7,9-10,12-14H2. The van der Waals surface area contributed by atoms with Crippen molar-refractivity contribution >= 4 is 22.7 Å². The van der Waals surface area contributed by atoms with Crippen molar-refractivity contribution in [1.82, 2.24) is 19.4 Å². The van der Waals surface area contributed by atoms with E-state index in [1.54, 1.807) is 6.20 Å². The van der Waals surface area contributed by atoms with Crippen molar-refractivity contribution in [2.75, 3.05) is 26.2 Å². The van der Waals surface area contributed by atoms with E-state index in [0.29, 0.717) is 32.0 Å². The lowest BCUT2D eigenvalue weighted by Gasteiger charge is -2.33. The zero-order valence-corrected chi connectivity index (χ0v) is 15.1. The SMILES string of the molecule is O=C(CCn1ccc2ccncc21)N1CCC(C(=O)N2CCCC2)CC1. The number of carbonyl (C=O) groups is 2. The van der Waals surface area contributed by atoms with E-state index in [1.807, 2.05) is 28.3 Å². The number of carbonyl (C=O) groups excluding carboxylic acids is 2. The zero-order chi connectivity index (χ0) is 17.9. The molecule has 138 valence electrons. The number of hydrogen-bond donors (Lipinski definition) is 0. The monoisotopic (exact) mass is 354 g/mol. The molecule has 2 aromatic rings. The van der Waals surface area contributed by atoms with Gasteiger partial charge in [-0.05, 0) is 37.8 Å². The van der Waals surface area contributed by atoms with Gasteiger partial charge in [-0.25, -0.2) is 0 Å². The Morgan fingerprint density at radius 1 is 1.04 bits per heavy atom. The van der Waals surface area contributed by atoms with Gasteiger partial charge in [0.25, 0.3) is 0 Å². The van der Waals surface area contributed by atoms with Crippen LogP contribution in [0.4, 0.5) is 0 Å². The van der Waals surface area contributed by atoms with Crippen LogP contribution in [0.2, 0.25) is 0 Å². The van der Waals surface area contributed by atoms with Crippen LogP contribution in [0.3, 0.4) is 0 Å². The minimum absolute atomic E-state index is 0.108. The molecule has 6 nitrogen and oxygen atoms in total. The largest absolute Gasteiger partial charge is 0.346 e. The highest BCUT2D eigenvalue weighted by Gasteiger charge is 2.31. The summed E-state index contributed by atoms with van der Waals surface area (Å²) in [6.45, 7) is 3.91. The molecule has 2 fully saturated rings. The molecular weight excluding hydrogens is 328 g/mol. The zero-order valence-electron chi connectivity index (χ0n) is 15.1. The van der Waals surface area contributed by atoms with Crippen LogP contribution in [0.1, 0.15) is 32.1 Å². The van der Waals surface area contributed by atoms with E-state index >= 15 is 0 Å². The van der Waals surface area contributed by atoms with Gasteiger partial charge in [-0.1, -0.05) is 0 Å². The Hall–Kier alpha value is -2.37. The van der Waals surface area contributed by atoms with Gasteiger partial charge in [-0.3, -0.25) is 14.6 Å². The van der Waals surface area contributed by atoms with Gasteiger partial charge in [0.15, 0.2) is 0 Å². The van der Waals surface area contributed by atoms with Crippen LogP contribution in [-0.2, 0) is 16.1 Å². The molecule has 2 aliphatic rings. The van der Waals surface area contributed by atoms with Crippen LogP contribution in [0.5, 0.6) is 0 Å². The molecular formula is C20H26N4O2. The molecule has 0 N–H and O–H groups in total. The molecule has 26 heavy (non-hydrogen) atoms. The molecule has 2 saturated heterocycles. The Bertz CT molecular complexity index is 786. The molecule has 0 saturated carbocycles. The molecule has 0 aromatic carbocycles. The third kappa shape index (κ3) is 3.45. The molecule has 6 heteroatoms. The normalized spacial score (nSPS) is 18.6. The summed E-state index contributed by atoms with van der Waals surface area (Å²) in [5.74, 6) is 0.598. The van der Waals surface area contributed by atoms with E-state index in [4.69, 9.17) is 0 Å². The van der Waals surface area contributed by atoms with Crippen LogP contribution in [0.25, 0.3) is 10.9 Å². The van der Waals surface area contributed by atoms with Crippen LogP contribution in [-0.4, -0.2) is 57.3 Å². The first-order valence-corrected chi connectivity index (χ1v) is 9.68. The molecule has 0 spiro atoms. The molecule has 2 aliphatic heterocycles. The Morgan fingerprint density at radius 3 is 2.58 bits per heavy atom. The van der Waals surface area contributed by atoms with Crippen LogP contribution in [0, 0.1) is 5.92 Å². The van der Waals surface area contributed by atoms with Gasteiger partial charge in [0.05, 0.1) is 11.7 Å². The van der Waals surface area contributed by atoms with Gasteiger partial charge >= 0.3 is 0 Å². The van der Waals surface area contributed by atoms with E-state index < -0.39 is 0 Å². The predicted molar refractivity (Wildman–Crippen MR) is 99.5 cm³/mol. The lowest BCUT2D eigenvalue weighted by molar-refractivity contribution is -0.140. The quantitative estimate of drug-likeness (QED) is 0.846. The fraction of sp³-hybridized carbons (Fsp3) is 0.550. The van der Waals surface area contributed by atoms with E-state index in [1.165, 1.54) is 0 Å². The summed E-state index contributed by atoms with van der Waals surface area (Å²) in [4.78, 5) is 33.2. The molecule has 4 rings (SSSR count). The number of hydrogen-bond acceptors (Lipinski definition) is 3. The number of amides is 2. The summed E-state index contributed by atoms with van der Waals surface area (Å²) in [6, 6.07) is 4.03. The molecule has 0 atom stereocenters. The van der Waals surface area contributed by atoms with Gasteiger partial charge in [0.1, 0.15) is 0 Å². The predicted octanol–water partition coefficient (Wildman–Crippen LogP) is 2.29. The van der Waals surface area contributed by atoms with Crippen molar-refractivity contribution in [1.29, 1.82) is 0 Å². The van der Waals surface area contributed by atoms with Crippen molar-refractivity contribution in [2.24, 2.45) is 5.92 Å². The van der Waals surface area contributed by atoms with E-state index in [-0.39, 0.29) is 11.8 Å². The van der Waals surface area contributed by atoms with Gasteiger partial charge in [0.2, 0.25) is 11.8 Å². The topological polar surface area (TPSA) is 58.4 Å². The fourth-order valence-electron chi connectivity index (χ4n) is 4.17. The summed E-state index contributed by atoms with van der Waals surface area (Å²) < 4.78 is 2.09. The van der Waals surface area contributed by atoms with Crippen molar-refractivity contribution in [3.8, 4) is 0 Å². The minimum Gasteiger partial charge on any atom is -0.346 e. The van der Waals surface area contributed by atoms with Gasteiger partial charge in [-0.15, -0.1) is 0 Å². The highest BCUT2D eigenvalue weighted by molar-refractivity contribution is 5.81. The first-order valence-electron chi connectivity index (χ1n) is 9.68. The second-order valence-corrected chi connectivity index (χ2v) is 7.38. The number of rotatable bonds is 4. The first-order chi connectivity index (χ1) is 12.7. The van der Waals surface area contributed by atoms with E-state index in [9.17, 15) is 9.59 Å². The van der Waals surface area contributed by atoms with Gasteiger partial charge in [-0.2, -0.15) is 0 Å². The van der Waals surface area contributed by atoms with Crippen molar-refractivity contribution in [2.45, 2.75) is 38.6 Å². The minimum atomic E-state index is 0.108. The second-order valence-electron chi connectivity index (χ2n) is 7.38. The van der Waals surface area contributed by atoms with Crippen molar-refractivity contribution < 1.29 is 9.59 Å². The highest BCUT2D eigenvalue weighted by atomic mass is 16.2. The molecule has 4 heterocycles. The number of aryl methyl sites for hydroxylation is 1. The first kappa shape index (κ1) is 17.1. The Kier molecular flexibility index (Phi) is 4.91. The Labute approximate surface area is 153 Å². The number of fused-ring (bicyclic) bond motifs is 1. The molecule has 0 unspecified atom stereocenters. The number of nitrogens with zero attached hydrogens (tertiary/aromatic N) is 4. The summed E-state index contributed by atoms with van der Waals surface area (Å²) in [6.07, 6.45) is 10.00. The lowest BCUT2D eigenvalue weighted by atomic mass is 9.95. The number of aromatic nitrogens is 2. The summed E-state index contributed by atoms with van der Waals surface area (Å²) in [5, 5.41) is 1.15. The molecule has 0 radical (unpaired) electrons. The number of likely N-dealkylation sites (tertiary alicyclic amines) is 2. The molecule has 2 aromatic heterocycles. The summed E-state index contributed by atoms with van der Waals surface area (Å²) >= 11 is 0. The third-order valence-corrected chi connectivity index (χ3v) is 5.76. The highest BCUT2D eigenvalue weighted by Crippen LogP contribution is 2.23. The van der Waals surface area contributed by atoms with Crippen LogP contribution < -0.4 is 0 Å².